The number of aromatic hydroxyl groups is 1. The maximum atomic E-state index is 13.2. The zero-order valence-corrected chi connectivity index (χ0v) is 16.5. The van der Waals surface area contributed by atoms with Crippen molar-refractivity contribution in [3.05, 3.63) is 59.9 Å². The molecule has 1 aliphatic rings. The number of carbonyl (C=O) groups is 1. The van der Waals surface area contributed by atoms with Gasteiger partial charge in [-0.2, -0.15) is 0 Å². The van der Waals surface area contributed by atoms with Gasteiger partial charge in [-0.05, 0) is 31.0 Å². The fraction of sp³-hybridized carbons (Fsp3) is 0.348. The van der Waals surface area contributed by atoms with Crippen molar-refractivity contribution >= 4 is 16.9 Å². The molecule has 152 valence electrons. The largest absolute Gasteiger partial charge is 0.508 e. The minimum Gasteiger partial charge on any atom is -0.508 e. The second-order valence-corrected chi connectivity index (χ2v) is 7.34. The van der Waals surface area contributed by atoms with Crippen molar-refractivity contribution in [3.63, 3.8) is 0 Å². The van der Waals surface area contributed by atoms with E-state index in [0.717, 1.165) is 36.0 Å². The van der Waals surface area contributed by atoms with Gasteiger partial charge in [0.15, 0.2) is 0 Å². The van der Waals surface area contributed by atoms with Crippen LogP contribution in [0.4, 0.5) is 0 Å². The number of carbonyl (C=O) groups excluding carboxylic acids is 1. The molecule has 1 amide bonds. The van der Waals surface area contributed by atoms with Gasteiger partial charge in [-0.3, -0.25) is 4.79 Å². The van der Waals surface area contributed by atoms with Crippen LogP contribution in [0, 0.1) is 0 Å². The Morgan fingerprint density at radius 3 is 2.86 bits per heavy atom. The number of phenolic OH excluding ortho intramolecular Hbond substituents is 1. The number of methoxy groups -OCH3 is 1. The van der Waals surface area contributed by atoms with E-state index >= 15 is 0 Å². The highest BCUT2D eigenvalue weighted by atomic mass is 16.5. The number of furan rings is 1. The van der Waals surface area contributed by atoms with E-state index in [2.05, 4.69) is 0 Å². The third kappa shape index (κ3) is 4.38. The molecule has 1 atom stereocenters. The van der Waals surface area contributed by atoms with Gasteiger partial charge in [0.1, 0.15) is 17.1 Å². The lowest BCUT2D eigenvalue weighted by Gasteiger charge is -2.26. The molecule has 2 heterocycles. The van der Waals surface area contributed by atoms with Gasteiger partial charge >= 0.3 is 0 Å². The van der Waals surface area contributed by atoms with Crippen molar-refractivity contribution in [2.75, 3.05) is 20.3 Å². The van der Waals surface area contributed by atoms with Crippen molar-refractivity contribution in [2.45, 2.75) is 31.9 Å². The molecule has 0 spiro atoms. The van der Waals surface area contributed by atoms with E-state index < -0.39 is 0 Å². The van der Waals surface area contributed by atoms with Gasteiger partial charge in [-0.15, -0.1) is 0 Å². The molecule has 1 aliphatic heterocycles. The summed E-state index contributed by atoms with van der Waals surface area (Å²) in [5.74, 6) is 0.880. The number of benzene rings is 2. The minimum absolute atomic E-state index is 0.0257. The molecule has 0 saturated carbocycles. The molecule has 1 aromatic heterocycles. The number of para-hydroxylation sites is 1. The molecule has 6 nitrogen and oxygen atoms in total. The Balaban J connectivity index is 1.55. The molecular weight excluding hydrogens is 370 g/mol. The Kier molecular flexibility index (Phi) is 5.71. The summed E-state index contributed by atoms with van der Waals surface area (Å²) in [6, 6.07) is 12.7. The second-order valence-electron chi connectivity index (χ2n) is 7.34. The van der Waals surface area contributed by atoms with Crippen LogP contribution in [0.15, 0.2) is 53.1 Å². The number of amides is 1. The van der Waals surface area contributed by atoms with Gasteiger partial charge in [-0.25, -0.2) is 0 Å². The number of fused-ring (bicyclic) bond motifs is 1. The monoisotopic (exact) mass is 395 g/mol. The molecule has 4 rings (SSSR count). The van der Waals surface area contributed by atoms with Crippen molar-refractivity contribution in [1.29, 1.82) is 0 Å². The van der Waals surface area contributed by atoms with E-state index in [1.807, 2.05) is 30.3 Å². The smallest absolute Gasteiger partial charge is 0.227 e. The molecule has 0 aliphatic carbocycles. The van der Waals surface area contributed by atoms with Crippen molar-refractivity contribution in [1.82, 2.24) is 4.90 Å². The number of phenols is 1. The van der Waals surface area contributed by atoms with Gasteiger partial charge in [0.2, 0.25) is 5.91 Å². The molecule has 1 N–H and O–H groups in total. The molecule has 0 bridgehead atoms. The first-order valence-corrected chi connectivity index (χ1v) is 9.84. The van der Waals surface area contributed by atoms with Crippen LogP contribution >= 0.6 is 0 Å². The maximum Gasteiger partial charge on any atom is 0.227 e. The molecule has 1 saturated heterocycles. The SMILES string of the molecule is COc1ccc2c(CC(=O)N(Cc3ccccc3O)CC3CCCO3)coc2c1. The lowest BCUT2D eigenvalue weighted by Crippen LogP contribution is -2.37. The summed E-state index contributed by atoms with van der Waals surface area (Å²) >= 11 is 0. The summed E-state index contributed by atoms with van der Waals surface area (Å²) < 4.78 is 16.6. The van der Waals surface area contributed by atoms with E-state index in [4.69, 9.17) is 13.9 Å². The fourth-order valence-corrected chi connectivity index (χ4v) is 3.74. The number of hydrogen-bond acceptors (Lipinski definition) is 5. The summed E-state index contributed by atoms with van der Waals surface area (Å²) in [5, 5.41) is 11.1. The summed E-state index contributed by atoms with van der Waals surface area (Å²) in [7, 11) is 1.61. The highest BCUT2D eigenvalue weighted by Gasteiger charge is 2.24. The highest BCUT2D eigenvalue weighted by Crippen LogP contribution is 2.27. The first kappa shape index (κ1) is 19.3. The third-order valence-corrected chi connectivity index (χ3v) is 5.36. The standard InChI is InChI=1S/C23H25NO5/c1-27-18-8-9-20-17(15-29-22(20)12-18)11-23(26)24(14-19-6-4-10-28-19)13-16-5-2-3-7-21(16)25/h2-3,5,7-9,12,15,19,25H,4,6,10-11,13-14H2,1H3. The number of rotatable bonds is 7. The second kappa shape index (κ2) is 8.57. The number of hydrogen-bond donors (Lipinski definition) is 1. The van der Waals surface area contributed by atoms with Crippen LogP contribution in [0.1, 0.15) is 24.0 Å². The first-order valence-electron chi connectivity index (χ1n) is 9.84. The summed E-state index contributed by atoms with van der Waals surface area (Å²) in [5.41, 5.74) is 2.25. The molecular formula is C23H25NO5. The number of ether oxygens (including phenoxy) is 2. The molecule has 29 heavy (non-hydrogen) atoms. The molecule has 6 heteroatoms. The van der Waals surface area contributed by atoms with E-state index in [9.17, 15) is 9.90 Å². The lowest BCUT2D eigenvalue weighted by molar-refractivity contribution is -0.132. The summed E-state index contributed by atoms with van der Waals surface area (Å²) in [4.78, 5) is 15.0. The van der Waals surface area contributed by atoms with Crippen LogP contribution in [-0.4, -0.2) is 42.3 Å². The van der Waals surface area contributed by atoms with Crippen LogP contribution in [0.5, 0.6) is 11.5 Å². The maximum absolute atomic E-state index is 13.2. The predicted molar refractivity (Wildman–Crippen MR) is 109 cm³/mol. The van der Waals surface area contributed by atoms with Gasteiger partial charge < -0.3 is 23.9 Å². The molecule has 3 aromatic rings. The quantitative estimate of drug-likeness (QED) is 0.657. The van der Waals surface area contributed by atoms with E-state index in [1.165, 1.54) is 0 Å². The number of nitrogens with zero attached hydrogens (tertiary/aromatic N) is 1. The Hall–Kier alpha value is -2.99. The van der Waals surface area contributed by atoms with Gasteiger partial charge in [0.05, 0.1) is 25.9 Å². The predicted octanol–water partition coefficient (Wildman–Crippen LogP) is 3.90. The molecule has 1 unspecified atom stereocenters. The van der Waals surface area contributed by atoms with Crippen molar-refractivity contribution in [2.24, 2.45) is 0 Å². The fourth-order valence-electron chi connectivity index (χ4n) is 3.74. The van der Waals surface area contributed by atoms with Crippen LogP contribution in [-0.2, 0) is 22.5 Å². The van der Waals surface area contributed by atoms with Gasteiger partial charge in [0.25, 0.3) is 0 Å². The van der Waals surface area contributed by atoms with Crippen LogP contribution < -0.4 is 4.74 Å². The third-order valence-electron chi connectivity index (χ3n) is 5.36. The summed E-state index contributed by atoms with van der Waals surface area (Å²) in [6.45, 7) is 1.59. The average Bonchev–Trinajstić information content (AvgIpc) is 3.38. The van der Waals surface area contributed by atoms with Crippen molar-refractivity contribution in [3.8, 4) is 11.5 Å². The summed E-state index contributed by atoms with van der Waals surface area (Å²) in [6.07, 6.45) is 3.85. The van der Waals surface area contributed by atoms with Gasteiger partial charge in [-0.1, -0.05) is 18.2 Å². The Bertz CT molecular complexity index is 990. The normalized spacial score (nSPS) is 16.2. The topological polar surface area (TPSA) is 72.1 Å². The van der Waals surface area contributed by atoms with Crippen LogP contribution in [0.2, 0.25) is 0 Å². The highest BCUT2D eigenvalue weighted by molar-refractivity contribution is 5.88. The Morgan fingerprint density at radius 1 is 1.24 bits per heavy atom. The molecule has 1 fully saturated rings. The zero-order chi connectivity index (χ0) is 20.2. The average molecular weight is 395 g/mol. The lowest BCUT2D eigenvalue weighted by atomic mass is 10.1. The first-order chi connectivity index (χ1) is 14.1. The van der Waals surface area contributed by atoms with Crippen LogP contribution in [0.25, 0.3) is 11.0 Å². The Labute approximate surface area is 169 Å². The van der Waals surface area contributed by atoms with E-state index in [0.29, 0.717) is 24.4 Å². The van der Waals surface area contributed by atoms with E-state index in [-0.39, 0.29) is 24.2 Å². The van der Waals surface area contributed by atoms with Crippen LogP contribution in [0.3, 0.4) is 0 Å². The molecule has 2 aromatic carbocycles. The zero-order valence-electron chi connectivity index (χ0n) is 16.5. The van der Waals surface area contributed by atoms with E-state index in [1.54, 1.807) is 30.4 Å². The molecule has 0 radical (unpaired) electrons. The Morgan fingerprint density at radius 2 is 2.10 bits per heavy atom. The van der Waals surface area contributed by atoms with Gasteiger partial charge in [0, 0.05) is 42.3 Å². The minimum atomic E-state index is -0.0257. The van der Waals surface area contributed by atoms with Crippen molar-refractivity contribution < 1.29 is 23.8 Å².